The van der Waals surface area contributed by atoms with E-state index in [0.29, 0.717) is 6.20 Å². The highest BCUT2D eigenvalue weighted by molar-refractivity contribution is 7.91. The minimum Gasteiger partial charge on any atom is -0.462 e. The summed E-state index contributed by atoms with van der Waals surface area (Å²) in [6, 6.07) is 0.805. The van der Waals surface area contributed by atoms with Crippen LogP contribution in [0.3, 0.4) is 0 Å². The summed E-state index contributed by atoms with van der Waals surface area (Å²) in [6.45, 7) is 3.13. The average Bonchev–Trinajstić information content (AvgIpc) is 3.38. The molecular weight excluding hydrogens is 505 g/mol. The third-order valence-corrected chi connectivity index (χ3v) is 6.93. The zero-order valence-electron chi connectivity index (χ0n) is 19.1. The SMILES string of the molecule is CCOC(=O)c1cnn(-c2ncc(S(=O)(=O)CC)c(-c3nc4cc(C(F)(F)F)cnc4n3C)n2)c1N. The second kappa shape index (κ2) is 8.85. The summed E-state index contributed by atoms with van der Waals surface area (Å²) in [4.78, 5) is 28.1. The average molecular weight is 524 g/mol. The number of anilines is 1. The van der Waals surface area contributed by atoms with Crippen molar-refractivity contribution in [1.82, 2.24) is 34.3 Å². The Bertz CT molecular complexity index is 1590. The molecule has 0 fully saturated rings. The van der Waals surface area contributed by atoms with Gasteiger partial charge in [-0.15, -0.1) is 0 Å². The van der Waals surface area contributed by atoms with Gasteiger partial charge in [-0.3, -0.25) is 0 Å². The fourth-order valence-electron chi connectivity index (χ4n) is 3.33. The third-order valence-electron chi connectivity index (χ3n) is 5.20. The number of sulfone groups is 1. The van der Waals surface area contributed by atoms with Crippen molar-refractivity contribution in [3.8, 4) is 17.5 Å². The number of aromatic nitrogens is 7. The number of hydrogen-bond acceptors (Lipinski definition) is 10. The van der Waals surface area contributed by atoms with Gasteiger partial charge in [-0.1, -0.05) is 6.92 Å². The summed E-state index contributed by atoms with van der Waals surface area (Å²) >= 11 is 0. The number of ether oxygens (including phenoxy) is 1. The van der Waals surface area contributed by atoms with Crippen molar-refractivity contribution in [2.45, 2.75) is 24.9 Å². The molecule has 0 aliphatic carbocycles. The quantitative estimate of drug-likeness (QED) is 0.370. The van der Waals surface area contributed by atoms with Crippen molar-refractivity contribution in [3.05, 3.63) is 35.8 Å². The molecule has 4 aromatic heterocycles. The van der Waals surface area contributed by atoms with E-state index >= 15 is 0 Å². The van der Waals surface area contributed by atoms with Crippen LogP contribution < -0.4 is 5.73 Å². The molecule has 0 amide bonds. The van der Waals surface area contributed by atoms with Gasteiger partial charge >= 0.3 is 12.1 Å². The van der Waals surface area contributed by atoms with Crippen LogP contribution in [-0.2, 0) is 27.8 Å². The van der Waals surface area contributed by atoms with Crippen LogP contribution in [0.15, 0.2) is 29.6 Å². The van der Waals surface area contributed by atoms with E-state index in [-0.39, 0.29) is 57.3 Å². The van der Waals surface area contributed by atoms with E-state index in [1.807, 2.05) is 0 Å². The number of nitrogen functional groups attached to an aromatic ring is 1. The molecule has 36 heavy (non-hydrogen) atoms. The summed E-state index contributed by atoms with van der Waals surface area (Å²) in [7, 11) is -2.45. The van der Waals surface area contributed by atoms with Crippen LogP contribution in [0.5, 0.6) is 0 Å². The van der Waals surface area contributed by atoms with E-state index in [4.69, 9.17) is 10.5 Å². The molecule has 16 heteroatoms. The Balaban J connectivity index is 1.94. The Hall–Kier alpha value is -4.08. The van der Waals surface area contributed by atoms with Crippen molar-refractivity contribution in [1.29, 1.82) is 0 Å². The first-order valence-electron chi connectivity index (χ1n) is 10.4. The number of aryl methyl sites for hydroxylation is 1. The summed E-state index contributed by atoms with van der Waals surface area (Å²) in [5.41, 5.74) is 4.69. The van der Waals surface area contributed by atoms with Crippen LogP contribution in [0.25, 0.3) is 28.6 Å². The molecule has 4 rings (SSSR count). The van der Waals surface area contributed by atoms with Crippen LogP contribution in [0.2, 0.25) is 0 Å². The number of imidazole rings is 1. The molecule has 0 aliphatic heterocycles. The van der Waals surface area contributed by atoms with Gasteiger partial charge in [0.15, 0.2) is 21.3 Å². The van der Waals surface area contributed by atoms with Crippen molar-refractivity contribution in [3.63, 3.8) is 0 Å². The normalized spacial score (nSPS) is 12.3. The standard InChI is InChI=1S/C20H19F3N8O4S/c1-4-35-18(32)11-8-27-31(15(11)24)19-26-9-13(36(33,34)5-2)14(29-19)17-28-12-6-10(20(21,22)23)7-25-16(12)30(17)3/h6-9H,4-5,24H2,1-3H3. The van der Waals surface area contributed by atoms with Crippen LogP contribution in [0.4, 0.5) is 19.0 Å². The first kappa shape index (κ1) is 25.0. The molecule has 2 N–H and O–H groups in total. The molecule has 0 spiro atoms. The monoisotopic (exact) mass is 524 g/mol. The molecule has 0 saturated carbocycles. The molecule has 4 heterocycles. The second-order valence-electron chi connectivity index (χ2n) is 7.42. The fourth-order valence-corrected chi connectivity index (χ4v) is 4.29. The smallest absolute Gasteiger partial charge is 0.417 e. The molecule has 190 valence electrons. The number of carbonyl (C=O) groups excluding carboxylic acids is 1. The topological polar surface area (TPSA) is 161 Å². The zero-order valence-corrected chi connectivity index (χ0v) is 19.9. The van der Waals surface area contributed by atoms with Crippen molar-refractivity contribution in [2.75, 3.05) is 18.1 Å². The van der Waals surface area contributed by atoms with Gasteiger partial charge in [0.1, 0.15) is 27.5 Å². The molecule has 0 saturated heterocycles. The largest absolute Gasteiger partial charge is 0.462 e. The lowest BCUT2D eigenvalue weighted by Gasteiger charge is -2.11. The Labute approximate surface area is 201 Å². The molecule has 0 atom stereocenters. The lowest BCUT2D eigenvalue weighted by atomic mass is 10.2. The van der Waals surface area contributed by atoms with Crippen LogP contribution >= 0.6 is 0 Å². The summed E-state index contributed by atoms with van der Waals surface area (Å²) in [5, 5.41) is 3.99. The first-order chi connectivity index (χ1) is 16.9. The van der Waals surface area contributed by atoms with Gasteiger partial charge in [-0.25, -0.2) is 33.1 Å². The molecule has 12 nitrogen and oxygen atoms in total. The number of rotatable bonds is 6. The fraction of sp³-hybridized carbons (Fsp3) is 0.300. The van der Waals surface area contributed by atoms with E-state index < -0.39 is 27.5 Å². The third kappa shape index (κ3) is 4.23. The van der Waals surface area contributed by atoms with Crippen molar-refractivity contribution >= 4 is 32.8 Å². The second-order valence-corrected chi connectivity index (χ2v) is 9.67. The predicted octanol–water partition coefficient (Wildman–Crippen LogP) is 2.18. The maximum absolute atomic E-state index is 13.2. The number of pyridine rings is 1. The minimum absolute atomic E-state index is 0.0566. The Kier molecular flexibility index (Phi) is 6.15. The number of carbonyl (C=O) groups is 1. The Morgan fingerprint density at radius 2 is 1.86 bits per heavy atom. The summed E-state index contributed by atoms with van der Waals surface area (Å²) < 4.78 is 72.3. The van der Waals surface area contributed by atoms with Gasteiger partial charge in [0.2, 0.25) is 0 Å². The highest BCUT2D eigenvalue weighted by Crippen LogP contribution is 2.33. The number of fused-ring (bicyclic) bond motifs is 1. The molecular formula is C20H19F3N8O4S. The van der Waals surface area contributed by atoms with Crippen molar-refractivity contribution in [2.24, 2.45) is 7.05 Å². The number of hydrogen-bond donors (Lipinski definition) is 1. The highest BCUT2D eigenvalue weighted by atomic mass is 32.2. The number of alkyl halides is 3. The van der Waals surface area contributed by atoms with Gasteiger partial charge in [0.25, 0.3) is 5.95 Å². The lowest BCUT2D eigenvalue weighted by Crippen LogP contribution is -2.14. The highest BCUT2D eigenvalue weighted by Gasteiger charge is 2.32. The van der Waals surface area contributed by atoms with Gasteiger partial charge in [-0.05, 0) is 13.0 Å². The number of nitrogens with zero attached hydrogens (tertiary/aromatic N) is 7. The Morgan fingerprint density at radius 1 is 1.14 bits per heavy atom. The van der Waals surface area contributed by atoms with Gasteiger partial charge in [-0.2, -0.15) is 23.0 Å². The lowest BCUT2D eigenvalue weighted by molar-refractivity contribution is -0.137. The molecule has 0 bridgehead atoms. The minimum atomic E-state index is -4.65. The van der Waals surface area contributed by atoms with Crippen LogP contribution in [-0.4, -0.2) is 61.0 Å². The number of nitrogens with two attached hydrogens (primary N) is 1. The van der Waals surface area contributed by atoms with Crippen LogP contribution in [0.1, 0.15) is 29.8 Å². The maximum atomic E-state index is 13.2. The molecule has 4 aromatic rings. The van der Waals surface area contributed by atoms with Gasteiger partial charge in [0, 0.05) is 13.2 Å². The van der Waals surface area contributed by atoms with E-state index in [0.717, 1.165) is 23.1 Å². The molecule has 0 unspecified atom stereocenters. The van der Waals surface area contributed by atoms with E-state index in [9.17, 15) is 26.4 Å². The summed E-state index contributed by atoms with van der Waals surface area (Å²) in [6.07, 6.45) is -1.82. The maximum Gasteiger partial charge on any atom is 0.417 e. The Morgan fingerprint density at radius 3 is 2.50 bits per heavy atom. The van der Waals surface area contributed by atoms with Gasteiger partial charge in [0.05, 0.1) is 30.3 Å². The zero-order chi connectivity index (χ0) is 26.4. The molecule has 0 aliphatic rings. The van der Waals surface area contributed by atoms with E-state index in [2.05, 4.69) is 25.0 Å². The summed E-state index contributed by atoms with van der Waals surface area (Å²) in [5.74, 6) is -1.48. The number of halogens is 3. The van der Waals surface area contributed by atoms with Crippen molar-refractivity contribution < 1.29 is 31.1 Å². The predicted molar refractivity (Wildman–Crippen MR) is 120 cm³/mol. The van der Waals surface area contributed by atoms with E-state index in [1.165, 1.54) is 18.5 Å². The van der Waals surface area contributed by atoms with Gasteiger partial charge < -0.3 is 15.0 Å². The van der Waals surface area contributed by atoms with Crippen LogP contribution in [0, 0.1) is 0 Å². The first-order valence-corrected chi connectivity index (χ1v) is 12.0. The van der Waals surface area contributed by atoms with E-state index in [1.54, 1.807) is 6.92 Å². The molecule has 0 radical (unpaired) electrons. The number of esters is 1. The molecule has 0 aromatic carbocycles.